The van der Waals surface area contributed by atoms with Gasteiger partial charge in [0.05, 0.1) is 31.8 Å². The van der Waals surface area contributed by atoms with Crippen molar-refractivity contribution in [1.29, 1.82) is 0 Å². The van der Waals surface area contributed by atoms with Gasteiger partial charge in [-0.2, -0.15) is 0 Å². The third-order valence-corrected chi connectivity index (χ3v) is 10.8. The fourth-order valence-electron chi connectivity index (χ4n) is 7.67. The smallest absolute Gasteiger partial charge is 0.408 e. The second-order valence-electron chi connectivity index (χ2n) is 14.8. The van der Waals surface area contributed by atoms with Crippen molar-refractivity contribution in [2.45, 2.75) is 57.1 Å². The Morgan fingerprint density at radius 2 is 1.50 bits per heavy atom. The first-order chi connectivity index (χ1) is 28.4. The minimum atomic E-state index is -0.986. The maximum absolute atomic E-state index is 13.3. The molecular formula is C45H46N6O7. The van der Waals surface area contributed by atoms with E-state index in [0.717, 1.165) is 77.6 Å². The van der Waals surface area contributed by atoms with Crippen molar-refractivity contribution in [2.24, 2.45) is 0 Å². The molecule has 0 radical (unpaired) electrons. The zero-order valence-electron chi connectivity index (χ0n) is 32.1. The molecule has 4 heterocycles. The van der Waals surface area contributed by atoms with Crippen LogP contribution in [-0.2, 0) is 43.6 Å². The topological polar surface area (TPSA) is 147 Å². The average molecular weight is 783 g/mol. The monoisotopic (exact) mass is 782 g/mol. The van der Waals surface area contributed by atoms with Crippen molar-refractivity contribution in [2.75, 3.05) is 37.6 Å². The van der Waals surface area contributed by atoms with E-state index in [1.807, 2.05) is 103 Å². The number of ether oxygens (including phenoxy) is 3. The largest absolute Gasteiger partial charge is 0.445 e. The highest BCUT2D eigenvalue weighted by molar-refractivity contribution is 6.06. The number of rotatable bonds is 12. The molecule has 0 aliphatic carbocycles. The molecule has 1 unspecified atom stereocenters. The molecule has 58 heavy (non-hydrogen) atoms. The molecule has 1 aromatic heterocycles. The van der Waals surface area contributed by atoms with Gasteiger partial charge in [-0.1, -0.05) is 91.0 Å². The number of anilines is 1. The molecule has 3 aliphatic rings. The number of carbonyl (C=O) groups is 3. The lowest BCUT2D eigenvalue weighted by Crippen LogP contribution is -2.50. The Hall–Kier alpha value is -5.99. The molecule has 13 heteroatoms. The second-order valence-corrected chi connectivity index (χ2v) is 14.8. The van der Waals surface area contributed by atoms with Crippen LogP contribution >= 0.6 is 0 Å². The van der Waals surface area contributed by atoms with E-state index in [1.54, 1.807) is 12.4 Å². The van der Waals surface area contributed by atoms with Crippen molar-refractivity contribution in [3.05, 3.63) is 149 Å². The number of likely N-dealkylation sites (tertiary alicyclic amines) is 1. The lowest BCUT2D eigenvalue weighted by Gasteiger charge is -2.40. The third-order valence-electron chi connectivity index (χ3n) is 10.8. The molecule has 3 amide bonds. The molecule has 8 rings (SSSR count). The SMILES string of the molecule is O=C(NC1CC(=O)N(Cc2cccc(-c3cccc([C@H]4O[C@@H](CN5CCN(c6ncccn6)CC5)C[C@@H](c5ccc(CO)cc5)O4)c3)c2)C1=O)OCc1ccccc1. The van der Waals surface area contributed by atoms with E-state index in [0.29, 0.717) is 6.42 Å². The van der Waals surface area contributed by atoms with E-state index < -0.39 is 24.3 Å². The number of aliphatic hydroxyl groups is 1. The standard InChI is InChI=1S/C45H46N6O7/c52-29-31-13-15-34(16-14-31)40-25-38(28-49-19-21-50(22-20-49)44-46-17-6-18-47-44)57-43(58-40)37-12-5-11-36(24-37)35-10-4-9-33(23-35)27-51-41(53)26-39(42(51)54)48-45(55)56-30-32-7-2-1-3-8-32/h1-18,23-24,38-40,43,52H,19-22,25-30H2,(H,48,55)/t38-,39?,40+,43+/m1/s1. The number of hydrogen-bond acceptors (Lipinski definition) is 11. The molecule has 13 nitrogen and oxygen atoms in total. The summed E-state index contributed by atoms with van der Waals surface area (Å²) < 4.78 is 18.7. The van der Waals surface area contributed by atoms with Gasteiger partial charge in [0.1, 0.15) is 12.6 Å². The van der Waals surface area contributed by atoms with Gasteiger partial charge in [0.15, 0.2) is 6.29 Å². The van der Waals surface area contributed by atoms with Crippen molar-refractivity contribution >= 4 is 23.9 Å². The molecule has 298 valence electrons. The summed E-state index contributed by atoms with van der Waals surface area (Å²) in [7, 11) is 0. The van der Waals surface area contributed by atoms with Crippen LogP contribution in [0.1, 0.15) is 53.1 Å². The number of alkyl carbamates (subject to hydrolysis) is 1. The number of piperazine rings is 1. The summed E-state index contributed by atoms with van der Waals surface area (Å²) in [5.41, 5.74) is 6.15. The van der Waals surface area contributed by atoms with E-state index in [4.69, 9.17) is 14.2 Å². The molecule has 3 fully saturated rings. The predicted molar refractivity (Wildman–Crippen MR) is 215 cm³/mol. The summed E-state index contributed by atoms with van der Waals surface area (Å²) in [5, 5.41) is 12.2. The van der Waals surface area contributed by atoms with Crippen LogP contribution in [0.15, 0.2) is 122 Å². The van der Waals surface area contributed by atoms with E-state index in [-0.39, 0.29) is 44.3 Å². The summed E-state index contributed by atoms with van der Waals surface area (Å²) in [6.07, 6.45) is 2.38. The molecule has 4 atom stereocenters. The summed E-state index contributed by atoms with van der Waals surface area (Å²) >= 11 is 0. The lowest BCUT2D eigenvalue weighted by atomic mass is 9.98. The van der Waals surface area contributed by atoms with E-state index >= 15 is 0 Å². The van der Waals surface area contributed by atoms with Gasteiger partial charge < -0.3 is 29.5 Å². The van der Waals surface area contributed by atoms with Crippen LogP contribution in [0.5, 0.6) is 0 Å². The third kappa shape index (κ3) is 9.41. The van der Waals surface area contributed by atoms with Gasteiger partial charge in [-0.05, 0) is 51.6 Å². The first kappa shape index (κ1) is 38.9. The van der Waals surface area contributed by atoms with E-state index in [1.165, 1.54) is 4.90 Å². The summed E-state index contributed by atoms with van der Waals surface area (Å²) in [6, 6.07) is 33.7. The predicted octanol–water partition coefficient (Wildman–Crippen LogP) is 5.56. The van der Waals surface area contributed by atoms with Crippen LogP contribution in [0, 0.1) is 0 Å². The molecule has 0 saturated carbocycles. The number of carbonyl (C=O) groups excluding carboxylic acids is 3. The van der Waals surface area contributed by atoms with Gasteiger partial charge in [0.25, 0.3) is 5.91 Å². The van der Waals surface area contributed by atoms with E-state index in [9.17, 15) is 19.5 Å². The van der Waals surface area contributed by atoms with Crippen LogP contribution in [-0.4, -0.2) is 87.7 Å². The number of hydrogen-bond donors (Lipinski definition) is 2. The average Bonchev–Trinajstić information content (AvgIpc) is 3.53. The van der Waals surface area contributed by atoms with Crippen molar-refractivity contribution in [1.82, 2.24) is 25.1 Å². The van der Waals surface area contributed by atoms with Gasteiger partial charge in [-0.25, -0.2) is 14.8 Å². The lowest BCUT2D eigenvalue weighted by molar-refractivity contribution is -0.253. The van der Waals surface area contributed by atoms with Crippen molar-refractivity contribution in [3.63, 3.8) is 0 Å². The zero-order valence-corrected chi connectivity index (χ0v) is 32.1. The quantitative estimate of drug-likeness (QED) is 0.154. The molecule has 4 aromatic carbocycles. The first-order valence-corrected chi connectivity index (χ1v) is 19.6. The highest BCUT2D eigenvalue weighted by Gasteiger charge is 2.40. The minimum absolute atomic E-state index is 0.0253. The maximum Gasteiger partial charge on any atom is 0.408 e. The highest BCUT2D eigenvalue weighted by atomic mass is 16.7. The first-order valence-electron chi connectivity index (χ1n) is 19.6. The number of amides is 3. The van der Waals surface area contributed by atoms with Crippen LogP contribution < -0.4 is 10.2 Å². The molecule has 2 N–H and O–H groups in total. The van der Waals surface area contributed by atoms with E-state index in [2.05, 4.69) is 31.2 Å². The van der Waals surface area contributed by atoms with Crippen LogP contribution in [0.25, 0.3) is 11.1 Å². The fraction of sp³-hybridized carbons (Fsp3) is 0.311. The molecule has 3 aliphatic heterocycles. The highest BCUT2D eigenvalue weighted by Crippen LogP contribution is 2.39. The van der Waals surface area contributed by atoms with Crippen LogP contribution in [0.3, 0.4) is 0 Å². The maximum atomic E-state index is 13.3. The Bertz CT molecular complexity index is 2180. The number of imide groups is 1. The molecule has 0 spiro atoms. The number of aliphatic hydroxyl groups excluding tert-OH is 1. The Labute approximate surface area is 337 Å². The fourth-order valence-corrected chi connectivity index (χ4v) is 7.67. The minimum Gasteiger partial charge on any atom is -0.445 e. The Morgan fingerprint density at radius 1 is 0.776 bits per heavy atom. The normalized spacial score (nSPS) is 21.3. The summed E-state index contributed by atoms with van der Waals surface area (Å²) in [6.45, 7) is 4.22. The Morgan fingerprint density at radius 3 is 2.26 bits per heavy atom. The molecule has 5 aromatic rings. The van der Waals surface area contributed by atoms with Gasteiger partial charge >= 0.3 is 6.09 Å². The van der Waals surface area contributed by atoms with Gasteiger partial charge in [0, 0.05) is 57.1 Å². The zero-order chi connectivity index (χ0) is 39.8. The number of aromatic nitrogens is 2. The number of nitrogens with one attached hydrogen (secondary N) is 1. The Kier molecular flexibility index (Phi) is 12.1. The number of benzene rings is 4. The van der Waals surface area contributed by atoms with Crippen molar-refractivity contribution in [3.8, 4) is 11.1 Å². The molecular weight excluding hydrogens is 737 g/mol. The van der Waals surface area contributed by atoms with Gasteiger partial charge in [-0.15, -0.1) is 0 Å². The van der Waals surface area contributed by atoms with Crippen LogP contribution in [0.2, 0.25) is 0 Å². The summed E-state index contributed by atoms with van der Waals surface area (Å²) in [4.78, 5) is 53.4. The molecule has 0 bridgehead atoms. The second kappa shape index (κ2) is 18.1. The van der Waals surface area contributed by atoms with Gasteiger partial charge in [-0.3, -0.25) is 19.4 Å². The van der Waals surface area contributed by atoms with Crippen LogP contribution in [0.4, 0.5) is 10.7 Å². The van der Waals surface area contributed by atoms with Gasteiger partial charge in [0.2, 0.25) is 11.9 Å². The molecule has 3 saturated heterocycles. The van der Waals surface area contributed by atoms with Crippen molar-refractivity contribution < 1.29 is 33.7 Å². The summed E-state index contributed by atoms with van der Waals surface area (Å²) in [5.74, 6) is -0.0818. The Balaban J connectivity index is 0.936. The number of nitrogens with zero attached hydrogens (tertiary/aromatic N) is 5.